The summed E-state index contributed by atoms with van der Waals surface area (Å²) in [6.07, 6.45) is 0. The number of carbonyl (C=O) groups excluding carboxylic acids is 1. The summed E-state index contributed by atoms with van der Waals surface area (Å²) in [4.78, 5) is 13.3. The van der Waals surface area contributed by atoms with Gasteiger partial charge >= 0.3 is 0 Å². The van der Waals surface area contributed by atoms with Crippen molar-refractivity contribution < 1.29 is 9.18 Å². The average Bonchev–Trinajstić information content (AvgIpc) is 2.17. The van der Waals surface area contributed by atoms with Crippen LogP contribution < -0.4 is 5.73 Å². The molecule has 0 aliphatic heterocycles. The number of likely N-dealkylation sites (N-methyl/N-ethyl adjacent to an activating group) is 1. The van der Waals surface area contributed by atoms with Gasteiger partial charge in [0.15, 0.2) is 0 Å². The van der Waals surface area contributed by atoms with Gasteiger partial charge in [-0.15, -0.1) is 0 Å². The summed E-state index contributed by atoms with van der Waals surface area (Å²) in [5, 5.41) is 0. The van der Waals surface area contributed by atoms with Crippen LogP contribution in [0.1, 0.15) is 10.4 Å². The molecule has 0 bridgehead atoms. The number of nitrogens with zero attached hydrogens (tertiary/aromatic N) is 1. The minimum absolute atomic E-state index is 0.134. The molecule has 3 nitrogen and oxygen atoms in total. The average molecular weight is 322 g/mol. The van der Waals surface area contributed by atoms with Crippen LogP contribution in [0.25, 0.3) is 0 Å². The number of halogens is 2. The third kappa shape index (κ3) is 3.13. The van der Waals surface area contributed by atoms with Crippen LogP contribution in [0.2, 0.25) is 0 Å². The van der Waals surface area contributed by atoms with Gasteiger partial charge in [-0.25, -0.2) is 4.39 Å². The predicted molar refractivity (Wildman–Crippen MR) is 65.1 cm³/mol. The highest BCUT2D eigenvalue weighted by Gasteiger charge is 2.14. The molecule has 0 atom stereocenters. The summed E-state index contributed by atoms with van der Waals surface area (Å²) in [5.74, 6) is -0.470. The van der Waals surface area contributed by atoms with Crippen molar-refractivity contribution in [1.29, 1.82) is 0 Å². The lowest BCUT2D eigenvalue weighted by molar-refractivity contribution is 0.0798. The molecular formula is C10H12FIN2O. The molecule has 1 aromatic rings. The van der Waals surface area contributed by atoms with Crippen molar-refractivity contribution in [2.24, 2.45) is 5.73 Å². The van der Waals surface area contributed by atoms with E-state index in [1.807, 2.05) is 22.6 Å². The lowest BCUT2D eigenvalue weighted by Crippen LogP contribution is -2.32. The fraction of sp³-hybridized carbons (Fsp3) is 0.300. The molecule has 0 radical (unpaired) electrons. The van der Waals surface area contributed by atoms with Crippen molar-refractivity contribution in [2.45, 2.75) is 0 Å². The van der Waals surface area contributed by atoms with Crippen molar-refractivity contribution in [3.63, 3.8) is 0 Å². The van der Waals surface area contributed by atoms with Gasteiger partial charge < -0.3 is 10.6 Å². The lowest BCUT2D eigenvalue weighted by atomic mass is 10.2. The highest BCUT2D eigenvalue weighted by Crippen LogP contribution is 2.15. The van der Waals surface area contributed by atoms with Crippen LogP contribution in [0.15, 0.2) is 18.2 Å². The van der Waals surface area contributed by atoms with Crippen molar-refractivity contribution in [2.75, 3.05) is 20.1 Å². The van der Waals surface area contributed by atoms with Crippen molar-refractivity contribution >= 4 is 28.5 Å². The molecule has 0 aliphatic rings. The number of amides is 1. The number of rotatable bonds is 3. The van der Waals surface area contributed by atoms with E-state index in [0.29, 0.717) is 22.2 Å². The first kappa shape index (κ1) is 12.4. The summed E-state index contributed by atoms with van der Waals surface area (Å²) in [5.41, 5.74) is 5.86. The molecule has 2 N–H and O–H groups in total. The molecule has 1 rings (SSSR count). The van der Waals surface area contributed by atoms with Crippen LogP contribution in [0, 0.1) is 9.39 Å². The lowest BCUT2D eigenvalue weighted by Gasteiger charge is -2.16. The Labute approximate surface area is 102 Å². The molecule has 0 unspecified atom stereocenters. The summed E-state index contributed by atoms with van der Waals surface area (Å²) >= 11 is 1.94. The molecule has 1 amide bonds. The smallest absolute Gasteiger partial charge is 0.254 e. The van der Waals surface area contributed by atoms with E-state index >= 15 is 0 Å². The predicted octanol–water partition coefficient (Wildman–Crippen LogP) is 1.46. The van der Waals surface area contributed by atoms with E-state index in [1.54, 1.807) is 7.05 Å². The monoisotopic (exact) mass is 322 g/mol. The largest absolute Gasteiger partial charge is 0.340 e. The Balaban J connectivity index is 2.91. The van der Waals surface area contributed by atoms with Crippen LogP contribution in [-0.2, 0) is 0 Å². The summed E-state index contributed by atoms with van der Waals surface area (Å²) < 4.78 is 13.4. The van der Waals surface area contributed by atoms with E-state index in [0.717, 1.165) is 0 Å². The quantitative estimate of drug-likeness (QED) is 0.857. The Morgan fingerprint density at radius 1 is 1.60 bits per heavy atom. The van der Waals surface area contributed by atoms with Gasteiger partial charge in [-0.05, 0) is 40.8 Å². The molecule has 0 heterocycles. The summed E-state index contributed by atoms with van der Waals surface area (Å²) in [6, 6.07) is 4.11. The number of carbonyl (C=O) groups is 1. The molecule has 0 saturated heterocycles. The molecule has 0 aliphatic carbocycles. The topological polar surface area (TPSA) is 46.3 Å². The molecule has 0 spiro atoms. The van der Waals surface area contributed by atoms with Gasteiger partial charge in [0.25, 0.3) is 5.91 Å². The number of benzene rings is 1. The molecular weight excluding hydrogens is 310 g/mol. The molecule has 1 aromatic carbocycles. The maximum absolute atomic E-state index is 12.8. The highest BCUT2D eigenvalue weighted by atomic mass is 127. The van der Waals surface area contributed by atoms with E-state index in [9.17, 15) is 9.18 Å². The Hall–Kier alpha value is -0.690. The van der Waals surface area contributed by atoms with Crippen LogP contribution in [0.5, 0.6) is 0 Å². The highest BCUT2D eigenvalue weighted by molar-refractivity contribution is 14.1. The van der Waals surface area contributed by atoms with Crippen LogP contribution >= 0.6 is 22.6 Å². The van der Waals surface area contributed by atoms with E-state index in [2.05, 4.69) is 0 Å². The Morgan fingerprint density at radius 3 is 2.80 bits per heavy atom. The zero-order chi connectivity index (χ0) is 11.4. The summed E-state index contributed by atoms with van der Waals surface area (Å²) in [7, 11) is 1.68. The first-order valence-corrected chi connectivity index (χ1v) is 5.54. The molecule has 0 saturated carbocycles. The standard InChI is InChI=1S/C10H12FIN2O/c1-14(5-4-13)10(15)8-3-2-7(11)6-9(8)12/h2-3,6H,4-5,13H2,1H3. The van der Waals surface area contributed by atoms with Crippen LogP contribution in [0.4, 0.5) is 4.39 Å². The number of nitrogens with two attached hydrogens (primary N) is 1. The van der Waals surface area contributed by atoms with Gasteiger partial charge in [0.1, 0.15) is 5.82 Å². The van der Waals surface area contributed by atoms with Crippen molar-refractivity contribution in [1.82, 2.24) is 4.90 Å². The molecule has 15 heavy (non-hydrogen) atoms. The van der Waals surface area contributed by atoms with E-state index < -0.39 is 0 Å². The zero-order valence-corrected chi connectivity index (χ0v) is 10.5. The summed E-state index contributed by atoms with van der Waals surface area (Å²) in [6.45, 7) is 0.909. The van der Waals surface area contributed by atoms with E-state index in [1.165, 1.54) is 23.1 Å². The Morgan fingerprint density at radius 2 is 2.27 bits per heavy atom. The second-order valence-electron chi connectivity index (χ2n) is 3.14. The maximum atomic E-state index is 12.8. The van der Waals surface area contributed by atoms with Crippen molar-refractivity contribution in [3.05, 3.63) is 33.1 Å². The maximum Gasteiger partial charge on any atom is 0.254 e. The second kappa shape index (κ2) is 5.41. The van der Waals surface area contributed by atoms with Gasteiger partial charge in [0.2, 0.25) is 0 Å². The first-order valence-electron chi connectivity index (χ1n) is 4.47. The van der Waals surface area contributed by atoms with Gasteiger partial charge in [0, 0.05) is 23.7 Å². The first-order chi connectivity index (χ1) is 7.06. The fourth-order valence-corrected chi connectivity index (χ4v) is 1.87. The van der Waals surface area contributed by atoms with Gasteiger partial charge in [-0.2, -0.15) is 0 Å². The zero-order valence-electron chi connectivity index (χ0n) is 8.34. The third-order valence-corrected chi connectivity index (χ3v) is 2.87. The Bertz CT molecular complexity index is 370. The molecule has 0 aromatic heterocycles. The van der Waals surface area contributed by atoms with Gasteiger partial charge in [-0.3, -0.25) is 4.79 Å². The fourth-order valence-electron chi connectivity index (χ4n) is 1.16. The van der Waals surface area contributed by atoms with E-state index in [4.69, 9.17) is 5.73 Å². The van der Waals surface area contributed by atoms with Crippen molar-refractivity contribution in [3.8, 4) is 0 Å². The van der Waals surface area contributed by atoms with Crippen LogP contribution in [-0.4, -0.2) is 30.9 Å². The molecule has 0 fully saturated rings. The Kier molecular flexibility index (Phi) is 4.46. The molecule has 5 heteroatoms. The minimum atomic E-state index is -0.336. The SMILES string of the molecule is CN(CCN)C(=O)c1ccc(F)cc1I. The number of hydrogen-bond donors (Lipinski definition) is 1. The molecule has 82 valence electrons. The number of hydrogen-bond acceptors (Lipinski definition) is 2. The minimum Gasteiger partial charge on any atom is -0.340 e. The van der Waals surface area contributed by atoms with Gasteiger partial charge in [0.05, 0.1) is 5.56 Å². The second-order valence-corrected chi connectivity index (χ2v) is 4.30. The third-order valence-electron chi connectivity index (χ3n) is 1.97. The normalized spacial score (nSPS) is 10.1. The van der Waals surface area contributed by atoms with Gasteiger partial charge in [-0.1, -0.05) is 0 Å². The van der Waals surface area contributed by atoms with E-state index in [-0.39, 0.29) is 11.7 Å². The van der Waals surface area contributed by atoms with Crippen LogP contribution in [0.3, 0.4) is 0 Å².